The van der Waals surface area contributed by atoms with Crippen LogP contribution in [0.25, 0.3) is 10.8 Å². The molecular formula is C21H28Cl2N2O2. The topological polar surface area (TPSA) is 35.9 Å². The van der Waals surface area contributed by atoms with Gasteiger partial charge in [-0.2, -0.15) is 3.84 Å². The molecule has 0 amide bonds. The summed E-state index contributed by atoms with van der Waals surface area (Å²) in [7, 11) is 2.19. The van der Waals surface area contributed by atoms with E-state index >= 15 is 0 Å². The van der Waals surface area contributed by atoms with Crippen LogP contribution in [0.15, 0.2) is 42.5 Å². The number of likely N-dealkylation sites (N-methyl/N-ethyl adjacent to an activating group) is 1. The highest BCUT2D eigenvalue weighted by atomic mass is 35.6. The normalized spacial score (nSPS) is 21.2. The van der Waals surface area contributed by atoms with Crippen LogP contribution in [0.4, 0.5) is 0 Å². The Bertz CT molecular complexity index is 726. The highest BCUT2D eigenvalue weighted by Gasteiger charge is 2.44. The van der Waals surface area contributed by atoms with Gasteiger partial charge in [0.05, 0.1) is 29.3 Å². The Kier molecular flexibility index (Phi) is 7.37. The summed E-state index contributed by atoms with van der Waals surface area (Å²) in [6.45, 7) is 5.43. The van der Waals surface area contributed by atoms with Crippen molar-refractivity contribution in [3.8, 4) is 0 Å². The van der Waals surface area contributed by atoms with E-state index in [1.54, 1.807) is 0 Å². The minimum Gasteiger partial charge on any atom is -0.389 e. The lowest BCUT2D eigenvalue weighted by molar-refractivity contribution is -0.0662. The summed E-state index contributed by atoms with van der Waals surface area (Å²) in [6.07, 6.45) is 3.03. The third-order valence-electron chi connectivity index (χ3n) is 6.10. The highest BCUT2D eigenvalue weighted by Crippen LogP contribution is 2.45. The van der Waals surface area contributed by atoms with Gasteiger partial charge in [-0.1, -0.05) is 42.5 Å². The molecular weight excluding hydrogens is 383 g/mol. The van der Waals surface area contributed by atoms with Gasteiger partial charge < -0.3 is 14.9 Å². The third-order valence-corrected chi connectivity index (χ3v) is 6.10. The molecule has 148 valence electrons. The van der Waals surface area contributed by atoms with Gasteiger partial charge in [0, 0.05) is 38.6 Å². The molecule has 0 aromatic heterocycles. The Balaban J connectivity index is 0.000000659. The van der Waals surface area contributed by atoms with Gasteiger partial charge in [-0.3, -0.25) is 0 Å². The molecule has 27 heavy (non-hydrogen) atoms. The van der Waals surface area contributed by atoms with Crippen molar-refractivity contribution in [3.05, 3.63) is 48.0 Å². The summed E-state index contributed by atoms with van der Waals surface area (Å²) < 4.78 is 3.19. The highest BCUT2D eigenvalue weighted by molar-refractivity contribution is 6.24. The maximum atomic E-state index is 11.2. The fourth-order valence-corrected chi connectivity index (χ4v) is 4.29. The second-order valence-corrected chi connectivity index (χ2v) is 8.21. The smallest absolute Gasteiger partial charge is 0.0832 e. The van der Waals surface area contributed by atoms with Crippen LogP contribution in [0.3, 0.4) is 0 Å². The quantitative estimate of drug-likeness (QED) is 0.809. The van der Waals surface area contributed by atoms with Crippen molar-refractivity contribution in [2.45, 2.75) is 30.8 Å². The minimum atomic E-state index is -0.520. The molecule has 1 saturated heterocycles. The maximum absolute atomic E-state index is 11.2. The summed E-state index contributed by atoms with van der Waals surface area (Å²) in [5.41, 5.74) is 0.808. The molecule has 4 nitrogen and oxygen atoms in total. The molecule has 1 aliphatic carbocycles. The first-order chi connectivity index (χ1) is 13.1. The van der Waals surface area contributed by atoms with Crippen LogP contribution in [0.1, 0.15) is 30.7 Å². The van der Waals surface area contributed by atoms with Crippen molar-refractivity contribution in [3.63, 3.8) is 0 Å². The number of piperazine rings is 1. The third kappa shape index (κ3) is 4.94. The monoisotopic (exact) mass is 410 g/mol. The van der Waals surface area contributed by atoms with E-state index in [1.807, 2.05) is 0 Å². The Hall–Kier alpha value is -0.880. The fraction of sp³-hybridized carbons (Fsp3) is 0.524. The Labute approximate surface area is 172 Å². The zero-order valence-electron chi connectivity index (χ0n) is 15.8. The van der Waals surface area contributed by atoms with Gasteiger partial charge in [0.2, 0.25) is 0 Å². The van der Waals surface area contributed by atoms with Crippen molar-refractivity contribution in [2.75, 3.05) is 39.8 Å². The molecule has 2 aromatic carbocycles. The number of fused-ring (bicyclic) bond motifs is 1. The number of hydrogen-bond acceptors (Lipinski definition) is 4. The Morgan fingerprint density at radius 3 is 2.30 bits per heavy atom. The van der Waals surface area contributed by atoms with Crippen LogP contribution < -0.4 is 0 Å². The van der Waals surface area contributed by atoms with E-state index < -0.39 is 5.60 Å². The first kappa shape index (κ1) is 20.8. The summed E-state index contributed by atoms with van der Waals surface area (Å²) in [5.74, 6) is 0.209. The lowest BCUT2D eigenvalue weighted by atomic mass is 9.67. The van der Waals surface area contributed by atoms with Crippen molar-refractivity contribution >= 4 is 34.5 Å². The molecule has 2 aliphatic rings. The molecule has 6 heteroatoms. The van der Waals surface area contributed by atoms with Crippen molar-refractivity contribution in [1.82, 2.24) is 9.80 Å². The van der Waals surface area contributed by atoms with Crippen molar-refractivity contribution < 1.29 is 8.95 Å². The second kappa shape index (κ2) is 9.55. The van der Waals surface area contributed by atoms with Gasteiger partial charge in [-0.25, -0.2) is 0 Å². The Morgan fingerprint density at radius 2 is 1.67 bits per heavy atom. The maximum Gasteiger partial charge on any atom is 0.0832 e. The fourth-order valence-electron chi connectivity index (χ4n) is 4.29. The molecule has 1 aliphatic heterocycles. The summed E-state index contributed by atoms with van der Waals surface area (Å²) >= 11 is 8.53. The molecule has 1 N–H and O–H groups in total. The number of halogens is 2. The number of benzene rings is 2. The van der Waals surface area contributed by atoms with E-state index in [0.717, 1.165) is 52.0 Å². The number of rotatable bonds is 4. The largest absolute Gasteiger partial charge is 0.389 e. The van der Waals surface area contributed by atoms with Crippen LogP contribution in [0.5, 0.6) is 0 Å². The molecule has 0 spiro atoms. The van der Waals surface area contributed by atoms with E-state index in [9.17, 15) is 5.11 Å². The van der Waals surface area contributed by atoms with Crippen LogP contribution in [0, 0.1) is 0 Å². The number of aliphatic hydroxyl groups is 1. The lowest BCUT2D eigenvalue weighted by Crippen LogP contribution is -2.51. The van der Waals surface area contributed by atoms with E-state index in [-0.39, 0.29) is 5.92 Å². The van der Waals surface area contributed by atoms with Crippen LogP contribution in [-0.4, -0.2) is 60.3 Å². The second-order valence-electron chi connectivity index (χ2n) is 7.74. The number of hydrogen-bond donors (Lipinski definition) is 1. The molecule has 4 rings (SSSR count). The average Bonchev–Trinajstić information content (AvgIpc) is 2.66. The van der Waals surface area contributed by atoms with Crippen LogP contribution in [-0.2, 0) is 3.84 Å². The predicted octanol–water partition coefficient (Wildman–Crippen LogP) is 4.40. The van der Waals surface area contributed by atoms with E-state index in [1.165, 1.54) is 16.3 Å². The first-order valence-electron chi connectivity index (χ1n) is 9.57. The zero-order chi connectivity index (χ0) is 19.3. The van der Waals surface area contributed by atoms with Gasteiger partial charge in [0.1, 0.15) is 0 Å². The molecule has 2 fully saturated rings. The van der Waals surface area contributed by atoms with E-state index in [0.29, 0.717) is 0 Å². The molecule has 0 radical (unpaired) electrons. The minimum absolute atomic E-state index is 0.209. The SMILES string of the molecule is CN1CCN(CC(c2cccc3ccccc23)C2(O)CCC2)CC1.ClOCl. The molecule has 0 bridgehead atoms. The molecule has 1 atom stereocenters. The van der Waals surface area contributed by atoms with E-state index in [2.05, 4.69) is 86.9 Å². The van der Waals surface area contributed by atoms with Crippen LogP contribution in [0.2, 0.25) is 0 Å². The van der Waals surface area contributed by atoms with Gasteiger partial charge in [0.25, 0.3) is 0 Å². The Morgan fingerprint density at radius 1 is 1.04 bits per heavy atom. The summed E-state index contributed by atoms with van der Waals surface area (Å²) in [6, 6.07) is 15.2. The average molecular weight is 411 g/mol. The van der Waals surface area contributed by atoms with Gasteiger partial charge in [-0.05, 0) is 42.6 Å². The molecule has 2 aromatic rings. The van der Waals surface area contributed by atoms with Gasteiger partial charge in [0.15, 0.2) is 0 Å². The van der Waals surface area contributed by atoms with Gasteiger partial charge in [-0.15, -0.1) is 0 Å². The summed E-state index contributed by atoms with van der Waals surface area (Å²) in [4.78, 5) is 4.93. The zero-order valence-corrected chi connectivity index (χ0v) is 17.3. The lowest BCUT2D eigenvalue weighted by Gasteiger charge is -2.46. The molecule has 1 unspecified atom stereocenters. The standard InChI is InChI=1S/C21H28N2O.Cl2O/c1-22-12-14-23(15-13-22)16-20(21(24)10-5-11-21)19-9-4-7-17-6-2-3-8-18(17)19;1-3-2/h2-4,6-9,20,24H,5,10-16H2,1H3;. The van der Waals surface area contributed by atoms with Crippen molar-refractivity contribution in [1.29, 1.82) is 0 Å². The molecule has 1 saturated carbocycles. The first-order valence-corrected chi connectivity index (χ1v) is 10.2. The summed E-state index contributed by atoms with van der Waals surface area (Å²) in [5, 5.41) is 13.8. The predicted molar refractivity (Wildman–Crippen MR) is 112 cm³/mol. The molecule has 1 heterocycles. The van der Waals surface area contributed by atoms with E-state index in [4.69, 9.17) is 0 Å². The van der Waals surface area contributed by atoms with Gasteiger partial charge >= 0.3 is 0 Å². The number of nitrogens with zero attached hydrogens (tertiary/aromatic N) is 2. The van der Waals surface area contributed by atoms with Crippen LogP contribution >= 0.6 is 23.7 Å². The van der Waals surface area contributed by atoms with Crippen molar-refractivity contribution in [2.24, 2.45) is 0 Å².